The lowest BCUT2D eigenvalue weighted by Crippen LogP contribution is -2.45. The van der Waals surface area contributed by atoms with E-state index in [9.17, 15) is 15.2 Å². The highest BCUT2D eigenvalue weighted by molar-refractivity contribution is 5.89. The topological polar surface area (TPSA) is 79.5 Å². The van der Waals surface area contributed by atoms with Crippen molar-refractivity contribution < 1.29 is 19.4 Å². The van der Waals surface area contributed by atoms with Gasteiger partial charge in [0.25, 0.3) is 0 Å². The Hall–Kier alpha value is -2.68. The molecule has 1 N–H and O–H groups in total. The molecule has 5 nitrogen and oxygen atoms in total. The minimum atomic E-state index is -1.48. The van der Waals surface area contributed by atoms with Gasteiger partial charge < -0.3 is 14.6 Å². The monoisotopic (exact) mass is 367 g/mol. The van der Waals surface area contributed by atoms with Crippen molar-refractivity contribution in [3.8, 4) is 6.07 Å². The third-order valence-electron chi connectivity index (χ3n) is 4.08. The lowest BCUT2D eigenvalue weighted by Gasteiger charge is -2.38. The number of benzene rings is 2. The summed E-state index contributed by atoms with van der Waals surface area (Å²) in [4.78, 5) is 11.6. The van der Waals surface area contributed by atoms with Crippen molar-refractivity contribution in [2.75, 3.05) is 7.11 Å². The molecule has 5 heteroatoms. The number of hydrogen-bond donors (Lipinski definition) is 1. The molecule has 0 saturated heterocycles. The predicted molar refractivity (Wildman–Crippen MR) is 102 cm³/mol. The van der Waals surface area contributed by atoms with Gasteiger partial charge in [0.05, 0.1) is 18.3 Å². The third kappa shape index (κ3) is 5.16. The van der Waals surface area contributed by atoms with Gasteiger partial charge >= 0.3 is 5.97 Å². The molecule has 27 heavy (non-hydrogen) atoms. The molecule has 0 radical (unpaired) electrons. The maximum absolute atomic E-state index is 11.6. The first-order valence-electron chi connectivity index (χ1n) is 8.72. The van der Waals surface area contributed by atoms with Crippen LogP contribution >= 0.6 is 0 Å². The maximum atomic E-state index is 11.6. The summed E-state index contributed by atoms with van der Waals surface area (Å²) in [7, 11) is 1.31. The van der Waals surface area contributed by atoms with Gasteiger partial charge in [-0.3, -0.25) is 0 Å². The van der Waals surface area contributed by atoms with Gasteiger partial charge in [-0.15, -0.1) is 0 Å². The second-order valence-corrected chi connectivity index (χ2v) is 7.39. The summed E-state index contributed by atoms with van der Waals surface area (Å²) in [6.07, 6.45) is -0.977. The largest absolute Gasteiger partial charge is 0.465 e. The fourth-order valence-electron chi connectivity index (χ4n) is 2.95. The molecule has 0 aromatic heterocycles. The van der Waals surface area contributed by atoms with Crippen LogP contribution in [0.4, 0.5) is 0 Å². The Kier molecular flexibility index (Phi) is 6.37. The van der Waals surface area contributed by atoms with Crippen LogP contribution in [-0.2, 0) is 15.9 Å². The van der Waals surface area contributed by atoms with Crippen LogP contribution in [0.3, 0.4) is 0 Å². The number of nitrogens with zero attached hydrogens (tertiary/aromatic N) is 1. The Morgan fingerprint density at radius 3 is 2.19 bits per heavy atom. The number of methoxy groups -OCH3 is 1. The van der Waals surface area contributed by atoms with E-state index in [-0.39, 0.29) is 6.42 Å². The van der Waals surface area contributed by atoms with Crippen LogP contribution in [0.5, 0.6) is 0 Å². The number of nitriles is 1. The van der Waals surface area contributed by atoms with Crippen LogP contribution < -0.4 is 0 Å². The Labute approximate surface area is 160 Å². The van der Waals surface area contributed by atoms with E-state index in [0.717, 1.165) is 5.56 Å². The summed E-state index contributed by atoms with van der Waals surface area (Å²) in [6, 6.07) is 18.0. The predicted octanol–water partition coefficient (Wildman–Crippen LogP) is 3.83. The zero-order chi connectivity index (χ0) is 20.1. The standard InChI is InChI=1S/C22H25NO4/c1-21(2,3)27-22(15-23,14-16-8-6-5-7-9-16)19(24)17-10-12-18(13-11-17)20(25)26-4/h5-13,19,24H,14H2,1-4H3/t19-,22+/m0/s1. The third-order valence-corrected chi connectivity index (χ3v) is 4.08. The van der Waals surface area contributed by atoms with E-state index < -0.39 is 23.3 Å². The Morgan fingerprint density at radius 2 is 1.70 bits per heavy atom. The van der Waals surface area contributed by atoms with Crippen molar-refractivity contribution in [2.24, 2.45) is 0 Å². The second-order valence-electron chi connectivity index (χ2n) is 7.39. The molecule has 0 amide bonds. The number of hydrogen-bond acceptors (Lipinski definition) is 5. The van der Waals surface area contributed by atoms with E-state index >= 15 is 0 Å². The number of aliphatic hydroxyl groups is 1. The first-order chi connectivity index (χ1) is 12.7. The van der Waals surface area contributed by atoms with Crippen LogP contribution in [0.1, 0.15) is 48.4 Å². The summed E-state index contributed by atoms with van der Waals surface area (Å²) in [5, 5.41) is 21.1. The Bertz CT molecular complexity index is 803. The minimum Gasteiger partial charge on any atom is -0.465 e. The molecule has 0 aliphatic rings. The van der Waals surface area contributed by atoms with E-state index in [1.807, 2.05) is 51.1 Å². The smallest absolute Gasteiger partial charge is 0.337 e. The molecular formula is C22H25NO4. The van der Waals surface area contributed by atoms with Crippen molar-refractivity contribution in [2.45, 2.75) is 44.5 Å². The van der Waals surface area contributed by atoms with E-state index in [1.165, 1.54) is 7.11 Å². The quantitative estimate of drug-likeness (QED) is 0.785. The number of carbonyl (C=O) groups is 1. The highest BCUT2D eigenvalue weighted by Gasteiger charge is 2.43. The molecule has 2 rings (SSSR count). The van der Waals surface area contributed by atoms with E-state index in [2.05, 4.69) is 6.07 Å². The normalized spacial score (nSPS) is 14.7. The number of ether oxygens (including phenoxy) is 2. The van der Waals surface area contributed by atoms with Crippen LogP contribution in [-0.4, -0.2) is 29.4 Å². The molecular weight excluding hydrogens is 342 g/mol. The second kappa shape index (κ2) is 8.34. The number of aliphatic hydroxyl groups excluding tert-OH is 1. The summed E-state index contributed by atoms with van der Waals surface area (Å²) in [5.74, 6) is -0.460. The molecule has 0 spiro atoms. The van der Waals surface area contributed by atoms with Gasteiger partial charge in [-0.05, 0) is 44.0 Å². The fourth-order valence-corrected chi connectivity index (χ4v) is 2.95. The minimum absolute atomic E-state index is 0.224. The van der Waals surface area contributed by atoms with Crippen LogP contribution in [0.2, 0.25) is 0 Å². The van der Waals surface area contributed by atoms with Gasteiger partial charge in [0.2, 0.25) is 0 Å². The molecule has 0 heterocycles. The van der Waals surface area contributed by atoms with Crippen LogP contribution in [0.25, 0.3) is 0 Å². The highest BCUT2D eigenvalue weighted by atomic mass is 16.5. The summed E-state index contributed by atoms with van der Waals surface area (Å²) in [5.41, 5.74) is -0.377. The molecule has 0 bridgehead atoms. The molecule has 2 aromatic rings. The van der Waals surface area contributed by atoms with Crippen molar-refractivity contribution in [3.05, 3.63) is 71.3 Å². The van der Waals surface area contributed by atoms with E-state index in [1.54, 1.807) is 24.3 Å². The molecule has 0 aliphatic heterocycles. The number of rotatable bonds is 6. The van der Waals surface area contributed by atoms with Gasteiger partial charge in [0, 0.05) is 6.42 Å². The van der Waals surface area contributed by atoms with Gasteiger partial charge in [0.1, 0.15) is 12.2 Å². The maximum Gasteiger partial charge on any atom is 0.337 e. The first kappa shape index (κ1) is 20.6. The Morgan fingerprint density at radius 1 is 1.11 bits per heavy atom. The molecule has 142 valence electrons. The lowest BCUT2D eigenvalue weighted by molar-refractivity contribution is -0.154. The highest BCUT2D eigenvalue weighted by Crippen LogP contribution is 2.36. The average molecular weight is 367 g/mol. The molecule has 0 aliphatic carbocycles. The van der Waals surface area contributed by atoms with Crippen molar-refractivity contribution in [1.29, 1.82) is 5.26 Å². The molecule has 0 saturated carbocycles. The van der Waals surface area contributed by atoms with Gasteiger partial charge in [-0.25, -0.2) is 4.79 Å². The average Bonchev–Trinajstić information content (AvgIpc) is 2.66. The van der Waals surface area contributed by atoms with E-state index in [0.29, 0.717) is 11.1 Å². The lowest BCUT2D eigenvalue weighted by atomic mass is 9.85. The molecule has 2 aromatic carbocycles. The zero-order valence-corrected chi connectivity index (χ0v) is 16.1. The number of carbonyl (C=O) groups excluding carboxylic acids is 1. The van der Waals surface area contributed by atoms with Gasteiger partial charge in [0.15, 0.2) is 5.60 Å². The molecule has 0 fully saturated rings. The van der Waals surface area contributed by atoms with Gasteiger partial charge in [-0.1, -0.05) is 42.5 Å². The fraction of sp³-hybridized carbons (Fsp3) is 0.364. The Balaban J connectivity index is 2.42. The first-order valence-corrected chi connectivity index (χ1v) is 8.72. The summed E-state index contributed by atoms with van der Waals surface area (Å²) < 4.78 is 10.8. The molecule has 2 atom stereocenters. The summed E-state index contributed by atoms with van der Waals surface area (Å²) >= 11 is 0. The zero-order valence-electron chi connectivity index (χ0n) is 16.1. The van der Waals surface area contributed by atoms with Crippen LogP contribution in [0, 0.1) is 11.3 Å². The van der Waals surface area contributed by atoms with Crippen molar-refractivity contribution in [1.82, 2.24) is 0 Å². The van der Waals surface area contributed by atoms with E-state index in [4.69, 9.17) is 9.47 Å². The van der Waals surface area contributed by atoms with Crippen molar-refractivity contribution in [3.63, 3.8) is 0 Å². The number of esters is 1. The SMILES string of the molecule is COC(=O)c1ccc([C@H](O)[C@](C#N)(Cc2ccccc2)OC(C)(C)C)cc1. The van der Waals surface area contributed by atoms with Crippen molar-refractivity contribution >= 4 is 5.97 Å². The molecule has 0 unspecified atom stereocenters. The summed E-state index contributed by atoms with van der Waals surface area (Å²) in [6.45, 7) is 5.53. The van der Waals surface area contributed by atoms with Gasteiger partial charge in [-0.2, -0.15) is 5.26 Å². The van der Waals surface area contributed by atoms with Crippen LogP contribution in [0.15, 0.2) is 54.6 Å².